The Labute approximate surface area is 271 Å². The molecule has 0 N–H and O–H groups in total. The fourth-order valence-electron chi connectivity index (χ4n) is 7.58. The van der Waals surface area contributed by atoms with Crippen molar-refractivity contribution in [1.29, 1.82) is 0 Å². The third kappa shape index (κ3) is 5.48. The van der Waals surface area contributed by atoms with Gasteiger partial charge in [0.15, 0.2) is 0 Å². The molecule has 0 saturated heterocycles. The first-order chi connectivity index (χ1) is 21.1. The van der Waals surface area contributed by atoms with Crippen LogP contribution in [0.4, 0.5) is 0 Å². The minimum atomic E-state index is -0.0884. The molecule has 0 amide bonds. The first kappa shape index (κ1) is 31.1. The van der Waals surface area contributed by atoms with Gasteiger partial charge in [-0.3, -0.25) is 0 Å². The molecule has 0 radical (unpaired) electrons. The first-order valence-electron chi connectivity index (χ1n) is 16.7. The van der Waals surface area contributed by atoms with Crippen LogP contribution in [-0.4, -0.2) is 0 Å². The highest BCUT2D eigenvalue weighted by Gasteiger charge is 2.33. The molecular weight excluding hydrogens is 540 g/mol. The molecule has 2 aliphatic carbocycles. The van der Waals surface area contributed by atoms with Gasteiger partial charge in [0.1, 0.15) is 0 Å². The summed E-state index contributed by atoms with van der Waals surface area (Å²) in [7, 11) is 0. The van der Waals surface area contributed by atoms with Crippen LogP contribution >= 0.6 is 0 Å². The van der Waals surface area contributed by atoms with E-state index in [-0.39, 0.29) is 16.2 Å². The van der Waals surface area contributed by atoms with Crippen molar-refractivity contribution in [2.45, 2.75) is 87.0 Å². The molecule has 0 bridgehead atoms. The summed E-state index contributed by atoms with van der Waals surface area (Å²) in [5.74, 6) is 0.312. The first-order valence-corrected chi connectivity index (χ1v) is 16.7. The molecule has 0 heterocycles. The summed E-state index contributed by atoms with van der Waals surface area (Å²) in [5, 5.41) is 5.44. The fourth-order valence-corrected chi connectivity index (χ4v) is 7.58. The third-order valence-electron chi connectivity index (χ3n) is 9.82. The zero-order chi connectivity index (χ0) is 32.5. The zero-order valence-electron chi connectivity index (χ0n) is 29.3. The fraction of sp³-hybridized carbons (Fsp3) is 0.333. The normalized spacial score (nSPS) is 16.3. The molecule has 0 aliphatic heterocycles. The van der Waals surface area contributed by atoms with Gasteiger partial charge in [-0.25, -0.2) is 0 Å². The maximum atomic E-state index is 2.54. The molecule has 0 fully saturated rings. The van der Waals surface area contributed by atoms with Gasteiger partial charge in [0.2, 0.25) is 0 Å². The van der Waals surface area contributed by atoms with E-state index in [1.807, 2.05) is 0 Å². The molecule has 230 valence electrons. The predicted octanol–water partition coefficient (Wildman–Crippen LogP) is 10.4. The van der Waals surface area contributed by atoms with Crippen LogP contribution < -0.4 is 10.4 Å². The highest BCUT2D eigenvalue weighted by Crippen LogP contribution is 2.46. The third-order valence-corrected chi connectivity index (χ3v) is 9.82. The van der Waals surface area contributed by atoms with Gasteiger partial charge in [-0.05, 0) is 112 Å². The Hall–Kier alpha value is -3.90. The maximum absolute atomic E-state index is 2.54. The standard InChI is InChI=1S/C45H50/c1-28-24-37(44(6,7)8)29(2)39(28)41-36-25-32-22-23-33(43(3,4)5)26-34(32)35(36)27-38(45(9,10)11)42(41)40(30-18-14-12-15-19-30)31-20-16-13-17-21-31/h12-28H,1-11H3. The molecule has 4 aromatic rings. The Balaban J connectivity index is 1.94. The van der Waals surface area contributed by atoms with E-state index in [2.05, 4.69) is 173 Å². The SMILES string of the molecule is CC1=C(c2c3c(cc(C(C)(C)C)c2=C(c2ccccc2)c2ccccc2)=c2cc(C(C)(C)C)ccc2=C3)C(C)C=C1C(C)(C)C. The van der Waals surface area contributed by atoms with Gasteiger partial charge in [-0.15, -0.1) is 0 Å². The summed E-state index contributed by atoms with van der Waals surface area (Å²) >= 11 is 0. The van der Waals surface area contributed by atoms with Crippen molar-refractivity contribution < 1.29 is 0 Å². The molecule has 6 rings (SSSR count). The van der Waals surface area contributed by atoms with Crippen molar-refractivity contribution in [2.75, 3.05) is 0 Å². The number of rotatable bonds is 3. The number of hydrogen-bond acceptors (Lipinski definition) is 0. The van der Waals surface area contributed by atoms with Crippen LogP contribution in [0.25, 0.3) is 17.2 Å². The lowest BCUT2D eigenvalue weighted by atomic mass is 9.76. The lowest BCUT2D eigenvalue weighted by Crippen LogP contribution is -2.30. The second-order valence-corrected chi connectivity index (χ2v) is 16.3. The van der Waals surface area contributed by atoms with Crippen LogP contribution in [0.15, 0.2) is 102 Å². The Bertz CT molecular complexity index is 2040. The quantitative estimate of drug-likeness (QED) is 0.196. The number of allylic oxidation sites excluding steroid dienone is 4. The van der Waals surface area contributed by atoms with Crippen molar-refractivity contribution in [1.82, 2.24) is 0 Å². The molecular formula is C45H50. The van der Waals surface area contributed by atoms with Crippen molar-refractivity contribution in [2.24, 2.45) is 11.3 Å². The Morgan fingerprint density at radius 2 is 1.20 bits per heavy atom. The van der Waals surface area contributed by atoms with E-state index in [0.717, 1.165) is 0 Å². The largest absolute Gasteiger partial charge is 0.0732 e. The highest BCUT2D eigenvalue weighted by molar-refractivity contribution is 5.90. The second-order valence-electron chi connectivity index (χ2n) is 16.3. The van der Waals surface area contributed by atoms with Gasteiger partial charge >= 0.3 is 0 Å². The van der Waals surface area contributed by atoms with Crippen LogP contribution in [0.5, 0.6) is 0 Å². The van der Waals surface area contributed by atoms with Crippen LogP contribution in [0.3, 0.4) is 0 Å². The molecule has 4 aromatic carbocycles. The van der Waals surface area contributed by atoms with Gasteiger partial charge in [-0.1, -0.05) is 154 Å². The molecule has 45 heavy (non-hydrogen) atoms. The highest BCUT2D eigenvalue weighted by atomic mass is 14.4. The summed E-state index contributed by atoms with van der Waals surface area (Å²) in [6.07, 6.45) is 5.02. The molecule has 0 aromatic heterocycles. The lowest BCUT2D eigenvalue weighted by molar-refractivity contribution is 0.510. The van der Waals surface area contributed by atoms with E-state index in [1.165, 1.54) is 76.5 Å². The van der Waals surface area contributed by atoms with Crippen LogP contribution in [0, 0.1) is 21.8 Å². The Kier molecular flexibility index (Phi) is 7.51. The number of benzene rings is 4. The topological polar surface area (TPSA) is 0 Å². The van der Waals surface area contributed by atoms with Gasteiger partial charge in [0.05, 0.1) is 0 Å². The predicted molar refractivity (Wildman–Crippen MR) is 195 cm³/mol. The monoisotopic (exact) mass is 590 g/mol. The van der Waals surface area contributed by atoms with Crippen molar-refractivity contribution in [3.63, 3.8) is 0 Å². The maximum Gasteiger partial charge on any atom is 0.000480 e. The van der Waals surface area contributed by atoms with Gasteiger partial charge in [0.25, 0.3) is 0 Å². The molecule has 0 nitrogen and oxygen atoms in total. The summed E-state index contributed by atoms with van der Waals surface area (Å²) in [4.78, 5) is 0. The lowest BCUT2D eigenvalue weighted by Gasteiger charge is -2.27. The average molecular weight is 591 g/mol. The summed E-state index contributed by atoms with van der Waals surface area (Å²) in [6.45, 7) is 26.0. The number of hydrogen-bond donors (Lipinski definition) is 0. The molecule has 1 atom stereocenters. The van der Waals surface area contributed by atoms with Crippen molar-refractivity contribution >= 4 is 17.2 Å². The smallest absolute Gasteiger partial charge is 0.000480 e. The summed E-state index contributed by atoms with van der Waals surface area (Å²) < 4.78 is 0. The van der Waals surface area contributed by atoms with E-state index in [1.54, 1.807) is 0 Å². The van der Waals surface area contributed by atoms with E-state index in [0.29, 0.717) is 5.92 Å². The van der Waals surface area contributed by atoms with Crippen molar-refractivity contribution in [3.8, 4) is 0 Å². The zero-order valence-corrected chi connectivity index (χ0v) is 29.3. The molecule has 2 aliphatic rings. The van der Waals surface area contributed by atoms with Gasteiger partial charge < -0.3 is 0 Å². The van der Waals surface area contributed by atoms with Crippen LogP contribution in [-0.2, 0) is 10.8 Å². The van der Waals surface area contributed by atoms with Gasteiger partial charge in [0, 0.05) is 5.92 Å². The van der Waals surface area contributed by atoms with E-state index in [4.69, 9.17) is 0 Å². The average Bonchev–Trinajstić information content (AvgIpc) is 3.49. The molecule has 0 spiro atoms. The summed E-state index contributed by atoms with van der Waals surface area (Å²) in [6, 6.07) is 31.8. The van der Waals surface area contributed by atoms with Gasteiger partial charge in [-0.2, -0.15) is 0 Å². The minimum Gasteiger partial charge on any atom is -0.0732 e. The van der Waals surface area contributed by atoms with Crippen molar-refractivity contribution in [3.05, 3.63) is 156 Å². The Morgan fingerprint density at radius 1 is 0.622 bits per heavy atom. The second kappa shape index (κ2) is 10.9. The summed E-state index contributed by atoms with van der Waals surface area (Å²) in [5.41, 5.74) is 13.8. The van der Waals surface area contributed by atoms with E-state index < -0.39 is 0 Å². The molecule has 0 saturated carbocycles. The Morgan fingerprint density at radius 3 is 1.69 bits per heavy atom. The van der Waals surface area contributed by atoms with Crippen LogP contribution in [0.2, 0.25) is 0 Å². The molecule has 1 unspecified atom stereocenters. The minimum absolute atomic E-state index is 0.0742. The van der Waals surface area contributed by atoms with E-state index >= 15 is 0 Å². The molecule has 0 heteroatoms. The number of fused-ring (bicyclic) bond motifs is 2. The van der Waals surface area contributed by atoms with E-state index in [9.17, 15) is 0 Å². The van der Waals surface area contributed by atoms with Crippen LogP contribution in [0.1, 0.15) is 110 Å².